The van der Waals surface area contributed by atoms with E-state index >= 15 is 0 Å². The first-order chi connectivity index (χ1) is 32.2. The van der Waals surface area contributed by atoms with E-state index < -0.39 is 0 Å². The third kappa shape index (κ3) is 5.67. The zero-order valence-electron chi connectivity index (χ0n) is 37.7. The van der Waals surface area contributed by atoms with Crippen molar-refractivity contribution in [2.75, 3.05) is 4.90 Å². The maximum atomic E-state index is 2.48. The molecule has 13 rings (SSSR count). The zero-order valence-corrected chi connectivity index (χ0v) is 37.7. The predicted octanol–water partition coefficient (Wildman–Crippen LogP) is 17.4. The van der Waals surface area contributed by atoms with E-state index in [1.807, 2.05) is 0 Å². The number of aromatic nitrogens is 1. The van der Waals surface area contributed by atoms with Gasteiger partial charge in [0.2, 0.25) is 0 Å². The molecule has 11 aromatic rings. The largest absolute Gasteiger partial charge is 0.310 e. The first-order valence-corrected chi connectivity index (χ1v) is 23.3. The summed E-state index contributed by atoms with van der Waals surface area (Å²) in [5.74, 6) is 0. The Bertz CT molecular complexity index is 3730. The highest BCUT2D eigenvalue weighted by molar-refractivity contribution is 6.13. The number of hydrogen-bond donors (Lipinski definition) is 0. The summed E-state index contributed by atoms with van der Waals surface area (Å²) in [7, 11) is 0. The average molecular weight is 845 g/mol. The minimum absolute atomic E-state index is 0.0839. The summed E-state index contributed by atoms with van der Waals surface area (Å²) >= 11 is 0. The fourth-order valence-electron chi connectivity index (χ4n) is 11.5. The highest BCUT2D eigenvalue weighted by Gasteiger charge is 2.38. The van der Waals surface area contributed by atoms with Crippen LogP contribution in [0, 0.1) is 0 Å². The molecule has 0 unspecified atom stereocenters. The molecule has 2 nitrogen and oxygen atoms in total. The van der Waals surface area contributed by atoms with Crippen LogP contribution < -0.4 is 4.90 Å². The normalized spacial score (nSPS) is 14.3. The molecular weight excluding hydrogens is 797 g/mol. The molecule has 1 aromatic heterocycles. The van der Waals surface area contributed by atoms with Gasteiger partial charge in [0.1, 0.15) is 0 Å². The summed E-state index contributed by atoms with van der Waals surface area (Å²) in [4.78, 5) is 2.48. The lowest BCUT2D eigenvalue weighted by molar-refractivity contribution is 0.632. The quantitative estimate of drug-likeness (QED) is 0.168. The average Bonchev–Trinajstić information content (AvgIpc) is 3.80. The Morgan fingerprint density at radius 3 is 1.65 bits per heavy atom. The molecule has 0 saturated heterocycles. The van der Waals surface area contributed by atoms with Crippen molar-refractivity contribution in [3.8, 4) is 50.2 Å². The Kier molecular flexibility index (Phi) is 8.33. The SMILES string of the molecule is CC1(C)c2ccccc2-c2cc3c4cc(-c5ccc(N6c7ccc(-c8ccccc8)cc7C(C)(C)c7cc(-c8cccc9ccccc89)ccc76)cc5)ccc4n(-c4ccccc4)c3cc21. The molecule has 66 heavy (non-hydrogen) atoms. The Balaban J connectivity index is 0.955. The lowest BCUT2D eigenvalue weighted by atomic mass is 9.72. The zero-order chi connectivity index (χ0) is 44.3. The summed E-state index contributed by atoms with van der Waals surface area (Å²) in [5, 5.41) is 5.07. The van der Waals surface area contributed by atoms with Gasteiger partial charge in [-0.2, -0.15) is 0 Å². The molecule has 0 radical (unpaired) electrons. The Hall–Kier alpha value is -7.94. The number of hydrogen-bond acceptors (Lipinski definition) is 1. The van der Waals surface area contributed by atoms with E-state index in [2.05, 4.69) is 256 Å². The lowest BCUT2D eigenvalue weighted by Gasteiger charge is -2.42. The van der Waals surface area contributed by atoms with E-state index in [-0.39, 0.29) is 10.8 Å². The Morgan fingerprint density at radius 2 is 0.864 bits per heavy atom. The molecule has 0 atom stereocenters. The van der Waals surface area contributed by atoms with Crippen LogP contribution in [-0.2, 0) is 10.8 Å². The fourth-order valence-corrected chi connectivity index (χ4v) is 11.5. The van der Waals surface area contributed by atoms with E-state index in [0.29, 0.717) is 0 Å². The molecule has 0 spiro atoms. The van der Waals surface area contributed by atoms with Crippen LogP contribution >= 0.6 is 0 Å². The number of para-hydroxylation sites is 1. The monoisotopic (exact) mass is 844 g/mol. The van der Waals surface area contributed by atoms with Gasteiger partial charge < -0.3 is 9.47 Å². The van der Waals surface area contributed by atoms with Crippen molar-refractivity contribution in [3.05, 3.63) is 241 Å². The standard InChI is InChI=1S/C64H48N2/c1-63(2)55-25-14-13-23-51(55)52-39-54-53-36-44(28-33-59(53)65(62(54)40-56(52)63)47-20-9-6-10-21-47)42-26-31-48(32-27-42)66-60-34-29-45(41-16-7-5-8-17-41)37-57(60)64(3,4)58-38-46(30-35-61(58)66)50-24-15-19-43-18-11-12-22-49(43)50/h5-40H,1-4H3. The van der Waals surface area contributed by atoms with Crippen molar-refractivity contribution in [2.24, 2.45) is 0 Å². The van der Waals surface area contributed by atoms with Gasteiger partial charge >= 0.3 is 0 Å². The van der Waals surface area contributed by atoms with Gasteiger partial charge in [0.15, 0.2) is 0 Å². The summed E-state index contributed by atoms with van der Waals surface area (Å²) in [6, 6.07) is 81.3. The molecule has 0 fully saturated rings. The van der Waals surface area contributed by atoms with Gasteiger partial charge in [-0.05, 0) is 150 Å². The fraction of sp³-hybridized carbons (Fsp3) is 0.0938. The van der Waals surface area contributed by atoms with Gasteiger partial charge in [-0.3, -0.25) is 0 Å². The summed E-state index contributed by atoms with van der Waals surface area (Å²) in [6.45, 7) is 9.53. The highest BCUT2D eigenvalue weighted by Crippen LogP contribution is 2.55. The van der Waals surface area contributed by atoms with Crippen LogP contribution in [0.2, 0.25) is 0 Å². The second kappa shape index (κ2) is 14.3. The predicted molar refractivity (Wildman–Crippen MR) is 279 cm³/mol. The molecule has 1 aliphatic carbocycles. The molecule has 1 aliphatic heterocycles. The minimum atomic E-state index is -0.265. The molecule has 2 aliphatic rings. The van der Waals surface area contributed by atoms with Crippen LogP contribution in [-0.4, -0.2) is 4.57 Å². The van der Waals surface area contributed by atoms with Crippen molar-refractivity contribution in [1.29, 1.82) is 0 Å². The smallest absolute Gasteiger partial charge is 0.0544 e. The number of rotatable bonds is 5. The van der Waals surface area contributed by atoms with E-state index in [1.165, 1.54) is 116 Å². The summed E-state index contributed by atoms with van der Waals surface area (Å²) in [5.41, 5.74) is 22.3. The molecule has 0 amide bonds. The van der Waals surface area contributed by atoms with Crippen molar-refractivity contribution in [1.82, 2.24) is 4.57 Å². The van der Waals surface area contributed by atoms with Crippen molar-refractivity contribution < 1.29 is 0 Å². The molecule has 314 valence electrons. The lowest BCUT2D eigenvalue weighted by Crippen LogP contribution is -2.30. The highest BCUT2D eigenvalue weighted by atomic mass is 15.2. The van der Waals surface area contributed by atoms with E-state index in [4.69, 9.17) is 0 Å². The minimum Gasteiger partial charge on any atom is -0.310 e. The number of benzene rings is 10. The number of fused-ring (bicyclic) bond motifs is 9. The topological polar surface area (TPSA) is 8.17 Å². The van der Waals surface area contributed by atoms with Crippen LogP contribution in [0.15, 0.2) is 218 Å². The second-order valence-corrected chi connectivity index (χ2v) is 19.4. The first kappa shape index (κ1) is 38.5. The molecule has 0 saturated carbocycles. The third-order valence-electron chi connectivity index (χ3n) is 15.0. The molecule has 0 N–H and O–H groups in total. The third-order valence-corrected chi connectivity index (χ3v) is 15.0. The molecule has 0 bridgehead atoms. The maximum absolute atomic E-state index is 2.48. The van der Waals surface area contributed by atoms with Crippen LogP contribution in [0.3, 0.4) is 0 Å². The van der Waals surface area contributed by atoms with Gasteiger partial charge in [0.25, 0.3) is 0 Å². The Morgan fingerprint density at radius 1 is 0.303 bits per heavy atom. The van der Waals surface area contributed by atoms with Crippen LogP contribution in [0.4, 0.5) is 17.1 Å². The summed E-state index contributed by atoms with van der Waals surface area (Å²) in [6.07, 6.45) is 0. The van der Waals surface area contributed by atoms with E-state index in [1.54, 1.807) is 0 Å². The Labute approximate surface area is 386 Å². The van der Waals surface area contributed by atoms with Crippen LogP contribution in [0.1, 0.15) is 49.9 Å². The van der Waals surface area contributed by atoms with Crippen LogP contribution in [0.5, 0.6) is 0 Å². The molecule has 2 heteroatoms. The van der Waals surface area contributed by atoms with E-state index in [9.17, 15) is 0 Å². The molecule has 2 heterocycles. The van der Waals surface area contributed by atoms with Crippen molar-refractivity contribution in [3.63, 3.8) is 0 Å². The van der Waals surface area contributed by atoms with Gasteiger partial charge in [-0.25, -0.2) is 0 Å². The van der Waals surface area contributed by atoms with E-state index in [0.717, 1.165) is 5.69 Å². The first-order valence-electron chi connectivity index (χ1n) is 23.3. The van der Waals surface area contributed by atoms with Gasteiger partial charge in [-0.15, -0.1) is 0 Å². The van der Waals surface area contributed by atoms with Gasteiger partial charge in [0, 0.05) is 33.0 Å². The summed E-state index contributed by atoms with van der Waals surface area (Å²) < 4.78 is 2.46. The van der Waals surface area contributed by atoms with Gasteiger partial charge in [-0.1, -0.05) is 173 Å². The molecule has 10 aromatic carbocycles. The second-order valence-electron chi connectivity index (χ2n) is 19.4. The number of anilines is 3. The van der Waals surface area contributed by atoms with Crippen molar-refractivity contribution in [2.45, 2.75) is 38.5 Å². The molecular formula is C64H48N2. The van der Waals surface area contributed by atoms with Crippen LogP contribution in [0.25, 0.3) is 82.8 Å². The number of nitrogens with zero attached hydrogens (tertiary/aromatic N) is 2. The van der Waals surface area contributed by atoms with Gasteiger partial charge in [0.05, 0.1) is 22.4 Å². The van der Waals surface area contributed by atoms with Crippen molar-refractivity contribution >= 4 is 49.6 Å². The maximum Gasteiger partial charge on any atom is 0.0544 e.